The Kier molecular flexibility index (Phi) is 1.35. The summed E-state index contributed by atoms with van der Waals surface area (Å²) in [6.45, 7) is 2.09. The molecule has 1 saturated carbocycles. The molecule has 0 unspecified atom stereocenters. The van der Waals surface area contributed by atoms with E-state index >= 15 is 0 Å². The van der Waals surface area contributed by atoms with Crippen LogP contribution in [0.5, 0.6) is 0 Å². The Bertz CT molecular complexity index is 494. The first-order chi connectivity index (χ1) is 6.71. The van der Waals surface area contributed by atoms with Crippen molar-refractivity contribution in [1.82, 2.24) is 9.38 Å². The summed E-state index contributed by atoms with van der Waals surface area (Å²) < 4.78 is 2.11. The molecule has 3 nitrogen and oxygen atoms in total. The van der Waals surface area contributed by atoms with Gasteiger partial charge in [-0.05, 0) is 31.4 Å². The van der Waals surface area contributed by atoms with Crippen molar-refractivity contribution in [2.24, 2.45) is 5.73 Å². The molecule has 0 spiro atoms. The summed E-state index contributed by atoms with van der Waals surface area (Å²) in [5.74, 6) is 1.01. The maximum absolute atomic E-state index is 6.15. The fourth-order valence-corrected chi connectivity index (χ4v) is 1.89. The molecule has 1 fully saturated rings. The molecule has 2 aromatic rings. The van der Waals surface area contributed by atoms with Crippen LogP contribution in [0.25, 0.3) is 5.52 Å². The number of imidazole rings is 1. The van der Waals surface area contributed by atoms with Crippen molar-refractivity contribution < 1.29 is 0 Å². The summed E-state index contributed by atoms with van der Waals surface area (Å²) in [5, 5.41) is 0. The molecule has 0 aromatic carbocycles. The number of fused-ring (bicyclic) bond motifs is 1. The molecule has 1 aliphatic rings. The Balaban J connectivity index is 2.32. The van der Waals surface area contributed by atoms with Gasteiger partial charge in [-0.2, -0.15) is 0 Å². The molecule has 3 heteroatoms. The smallest absolute Gasteiger partial charge is 0.133 e. The van der Waals surface area contributed by atoms with E-state index in [1.807, 2.05) is 18.5 Å². The van der Waals surface area contributed by atoms with Gasteiger partial charge in [-0.1, -0.05) is 6.07 Å². The van der Waals surface area contributed by atoms with Gasteiger partial charge in [0, 0.05) is 6.20 Å². The molecule has 14 heavy (non-hydrogen) atoms. The molecule has 0 radical (unpaired) electrons. The fourth-order valence-electron chi connectivity index (χ4n) is 1.89. The van der Waals surface area contributed by atoms with E-state index in [1.54, 1.807) is 0 Å². The van der Waals surface area contributed by atoms with Crippen LogP contribution < -0.4 is 5.73 Å². The third-order valence-electron chi connectivity index (χ3n) is 3.02. The number of nitrogens with two attached hydrogens (primary N) is 1. The molecule has 0 bridgehead atoms. The van der Waals surface area contributed by atoms with Crippen molar-refractivity contribution in [2.75, 3.05) is 0 Å². The highest BCUT2D eigenvalue weighted by molar-refractivity contribution is 5.54. The van der Waals surface area contributed by atoms with Gasteiger partial charge in [0.15, 0.2) is 0 Å². The van der Waals surface area contributed by atoms with E-state index in [-0.39, 0.29) is 5.54 Å². The van der Waals surface area contributed by atoms with Gasteiger partial charge in [0.05, 0.1) is 17.3 Å². The lowest BCUT2D eigenvalue weighted by molar-refractivity contribution is 0.668. The number of rotatable bonds is 1. The molecule has 2 heterocycles. The second-order valence-electron chi connectivity index (χ2n) is 4.18. The third kappa shape index (κ3) is 0.930. The van der Waals surface area contributed by atoms with E-state index in [1.165, 1.54) is 11.1 Å². The minimum Gasteiger partial charge on any atom is -0.319 e. The molecule has 2 aromatic heterocycles. The predicted molar refractivity (Wildman–Crippen MR) is 55.0 cm³/mol. The summed E-state index contributed by atoms with van der Waals surface area (Å²) >= 11 is 0. The topological polar surface area (TPSA) is 43.3 Å². The van der Waals surface area contributed by atoms with E-state index in [9.17, 15) is 0 Å². The zero-order valence-electron chi connectivity index (χ0n) is 8.20. The first-order valence-corrected chi connectivity index (χ1v) is 4.93. The summed E-state index contributed by atoms with van der Waals surface area (Å²) in [4.78, 5) is 4.43. The quantitative estimate of drug-likeness (QED) is 0.736. The molecule has 0 aliphatic heterocycles. The molecule has 3 rings (SSSR count). The van der Waals surface area contributed by atoms with E-state index in [0.29, 0.717) is 0 Å². The summed E-state index contributed by atoms with van der Waals surface area (Å²) in [6, 6.07) is 4.14. The Hall–Kier alpha value is -1.35. The number of pyridine rings is 1. The monoisotopic (exact) mass is 187 g/mol. The Morgan fingerprint density at radius 2 is 2.29 bits per heavy atom. The highest BCUT2D eigenvalue weighted by atomic mass is 15.1. The highest BCUT2D eigenvalue weighted by Crippen LogP contribution is 2.41. The molecule has 0 amide bonds. The van der Waals surface area contributed by atoms with Crippen LogP contribution in [0.4, 0.5) is 0 Å². The lowest BCUT2D eigenvalue weighted by Gasteiger charge is -2.07. The van der Waals surface area contributed by atoms with Gasteiger partial charge in [0.1, 0.15) is 5.82 Å². The lowest BCUT2D eigenvalue weighted by Crippen LogP contribution is -2.22. The van der Waals surface area contributed by atoms with Gasteiger partial charge < -0.3 is 10.1 Å². The summed E-state index contributed by atoms with van der Waals surface area (Å²) in [7, 11) is 0. The van der Waals surface area contributed by atoms with Crippen molar-refractivity contribution in [3.05, 3.63) is 35.9 Å². The Morgan fingerprint density at radius 1 is 1.50 bits per heavy atom. The fraction of sp³-hybridized carbons (Fsp3) is 0.364. The van der Waals surface area contributed by atoms with Gasteiger partial charge in [-0.25, -0.2) is 4.98 Å². The lowest BCUT2D eigenvalue weighted by atomic mass is 10.2. The van der Waals surface area contributed by atoms with Crippen molar-refractivity contribution in [1.29, 1.82) is 0 Å². The third-order valence-corrected chi connectivity index (χ3v) is 3.02. The Morgan fingerprint density at radius 3 is 3.00 bits per heavy atom. The standard InChI is InChI=1S/C11H13N3/c1-8-3-2-6-14-9(8)7-13-10(14)11(12)4-5-11/h2-3,6-7H,4-5,12H2,1H3. The second kappa shape index (κ2) is 2.36. The van der Waals surface area contributed by atoms with Crippen LogP contribution in [0.15, 0.2) is 24.5 Å². The predicted octanol–water partition coefficient (Wildman–Crippen LogP) is 1.59. The van der Waals surface area contributed by atoms with Crippen molar-refractivity contribution in [2.45, 2.75) is 25.3 Å². The zero-order chi connectivity index (χ0) is 9.76. The number of aryl methyl sites for hydroxylation is 1. The SMILES string of the molecule is Cc1cccn2c(C3(N)CC3)ncc12. The van der Waals surface area contributed by atoms with Gasteiger partial charge in [-0.15, -0.1) is 0 Å². The van der Waals surface area contributed by atoms with Crippen LogP contribution in [0.2, 0.25) is 0 Å². The molecular weight excluding hydrogens is 174 g/mol. The van der Waals surface area contributed by atoms with Crippen LogP contribution in [0, 0.1) is 6.92 Å². The number of hydrogen-bond acceptors (Lipinski definition) is 2. The Labute approximate surface area is 82.6 Å². The van der Waals surface area contributed by atoms with E-state index in [4.69, 9.17) is 5.73 Å². The first kappa shape index (κ1) is 8.00. The molecule has 0 saturated heterocycles. The molecule has 2 N–H and O–H groups in total. The summed E-state index contributed by atoms with van der Waals surface area (Å²) in [5.41, 5.74) is 8.40. The number of aromatic nitrogens is 2. The maximum atomic E-state index is 6.15. The molecular formula is C11H13N3. The van der Waals surface area contributed by atoms with Crippen LogP contribution in [-0.4, -0.2) is 9.38 Å². The van der Waals surface area contributed by atoms with Crippen molar-refractivity contribution in [3.63, 3.8) is 0 Å². The molecule has 1 aliphatic carbocycles. The van der Waals surface area contributed by atoms with Gasteiger partial charge in [0.25, 0.3) is 0 Å². The average Bonchev–Trinajstić information content (AvgIpc) is 2.77. The maximum Gasteiger partial charge on any atom is 0.133 e. The highest BCUT2D eigenvalue weighted by Gasteiger charge is 2.43. The van der Waals surface area contributed by atoms with Crippen LogP contribution >= 0.6 is 0 Å². The second-order valence-corrected chi connectivity index (χ2v) is 4.18. The van der Waals surface area contributed by atoms with E-state index in [2.05, 4.69) is 22.4 Å². The number of nitrogens with zero attached hydrogens (tertiary/aromatic N) is 2. The zero-order valence-corrected chi connectivity index (χ0v) is 8.20. The van der Waals surface area contributed by atoms with Crippen molar-refractivity contribution in [3.8, 4) is 0 Å². The van der Waals surface area contributed by atoms with Crippen LogP contribution in [0.1, 0.15) is 24.2 Å². The van der Waals surface area contributed by atoms with Gasteiger partial charge >= 0.3 is 0 Å². The first-order valence-electron chi connectivity index (χ1n) is 4.93. The molecule has 72 valence electrons. The van der Waals surface area contributed by atoms with E-state index < -0.39 is 0 Å². The minimum absolute atomic E-state index is 0.153. The average molecular weight is 187 g/mol. The normalized spacial score (nSPS) is 18.7. The largest absolute Gasteiger partial charge is 0.319 e. The minimum atomic E-state index is -0.153. The van der Waals surface area contributed by atoms with Crippen molar-refractivity contribution >= 4 is 5.52 Å². The van der Waals surface area contributed by atoms with Crippen LogP contribution in [0.3, 0.4) is 0 Å². The number of hydrogen-bond donors (Lipinski definition) is 1. The summed E-state index contributed by atoms with van der Waals surface area (Å²) in [6.07, 6.45) is 6.06. The van der Waals surface area contributed by atoms with E-state index in [0.717, 1.165) is 18.7 Å². The van der Waals surface area contributed by atoms with Crippen LogP contribution in [-0.2, 0) is 5.54 Å². The van der Waals surface area contributed by atoms with Gasteiger partial charge in [0.2, 0.25) is 0 Å². The van der Waals surface area contributed by atoms with Gasteiger partial charge in [-0.3, -0.25) is 0 Å². The molecule has 0 atom stereocenters.